The fourth-order valence-corrected chi connectivity index (χ4v) is 2.39. The largest absolute Gasteiger partial charge is 0.351 e. The van der Waals surface area contributed by atoms with Crippen LogP contribution in [0.15, 0.2) is 24.3 Å². The minimum absolute atomic E-state index is 0. The Hall–Kier alpha value is -1.79. The summed E-state index contributed by atoms with van der Waals surface area (Å²) in [6, 6.07) is 6.21. The third-order valence-corrected chi connectivity index (χ3v) is 3.29. The number of carbonyl (C=O) groups is 2. The highest BCUT2D eigenvalue weighted by Crippen LogP contribution is 2.20. The molecule has 0 aromatic heterocycles. The smallest absolute Gasteiger partial charge is 0.316 e. The van der Waals surface area contributed by atoms with E-state index < -0.39 is 6.03 Å². The van der Waals surface area contributed by atoms with Crippen molar-refractivity contribution in [3.05, 3.63) is 29.8 Å². The maximum atomic E-state index is 12.4. The highest BCUT2D eigenvalue weighted by molar-refractivity contribution is 5.97. The number of amides is 3. The van der Waals surface area contributed by atoms with Gasteiger partial charge in [0.15, 0.2) is 0 Å². The second-order valence-corrected chi connectivity index (χ2v) is 4.60. The van der Waals surface area contributed by atoms with Crippen molar-refractivity contribution in [3.63, 3.8) is 0 Å². The zero-order valence-electron chi connectivity index (χ0n) is 11.0. The van der Waals surface area contributed by atoms with Crippen molar-refractivity contribution in [1.82, 2.24) is 4.90 Å². The van der Waals surface area contributed by atoms with Gasteiger partial charge in [0.05, 0.1) is 0 Å². The summed E-state index contributed by atoms with van der Waals surface area (Å²) in [4.78, 5) is 25.0. The van der Waals surface area contributed by atoms with Gasteiger partial charge < -0.3 is 21.7 Å². The van der Waals surface area contributed by atoms with Crippen molar-refractivity contribution < 1.29 is 9.59 Å². The van der Waals surface area contributed by atoms with Crippen LogP contribution in [0.1, 0.15) is 23.2 Å². The molecule has 0 saturated carbocycles. The summed E-state index contributed by atoms with van der Waals surface area (Å²) in [7, 11) is 0. The second-order valence-electron chi connectivity index (χ2n) is 4.60. The summed E-state index contributed by atoms with van der Waals surface area (Å²) in [5, 5.41) is 2.46. The minimum Gasteiger partial charge on any atom is -0.351 e. The van der Waals surface area contributed by atoms with E-state index in [0.29, 0.717) is 17.8 Å². The summed E-state index contributed by atoms with van der Waals surface area (Å²) in [6.45, 7) is 1.21. The van der Waals surface area contributed by atoms with Gasteiger partial charge in [0.1, 0.15) is 0 Å². The molecule has 6 nitrogen and oxygen atoms in total. The lowest BCUT2D eigenvalue weighted by Crippen LogP contribution is -2.39. The van der Waals surface area contributed by atoms with Crippen LogP contribution in [0.2, 0.25) is 0 Å². The molecule has 2 rings (SSSR count). The molecule has 1 unspecified atom stereocenters. The molecule has 1 heterocycles. The van der Waals surface area contributed by atoms with Gasteiger partial charge in [0.25, 0.3) is 5.91 Å². The normalized spacial score (nSPS) is 17.4. The number of urea groups is 1. The highest BCUT2D eigenvalue weighted by atomic mass is 35.5. The molecule has 1 aliphatic heterocycles. The first-order valence-corrected chi connectivity index (χ1v) is 6.29. The lowest BCUT2D eigenvalue weighted by Gasteiger charge is -2.23. The number of likely N-dealkylation sites (tertiary alicyclic amines) is 1. The first kappa shape index (κ1) is 16.3. The van der Waals surface area contributed by atoms with Gasteiger partial charge in [-0.2, -0.15) is 0 Å². The number of rotatable bonds is 3. The molecule has 110 valence electrons. The van der Waals surface area contributed by atoms with Crippen molar-refractivity contribution in [2.24, 2.45) is 11.5 Å². The van der Waals surface area contributed by atoms with E-state index in [1.54, 1.807) is 29.2 Å². The van der Waals surface area contributed by atoms with Gasteiger partial charge in [-0.05, 0) is 31.0 Å². The van der Waals surface area contributed by atoms with Gasteiger partial charge in [0, 0.05) is 30.4 Å². The van der Waals surface area contributed by atoms with E-state index in [0.717, 1.165) is 19.4 Å². The van der Waals surface area contributed by atoms with E-state index in [9.17, 15) is 9.59 Å². The van der Waals surface area contributed by atoms with Gasteiger partial charge in [0.2, 0.25) is 0 Å². The van der Waals surface area contributed by atoms with Crippen molar-refractivity contribution in [2.75, 3.05) is 18.4 Å². The maximum absolute atomic E-state index is 12.4. The molecule has 1 aromatic rings. The number of nitrogens with one attached hydrogen (secondary N) is 1. The van der Waals surface area contributed by atoms with Crippen molar-refractivity contribution in [3.8, 4) is 0 Å². The Bertz CT molecular complexity index is 495. The topological polar surface area (TPSA) is 101 Å². The Kier molecular flexibility index (Phi) is 5.79. The Morgan fingerprint density at radius 2 is 2.15 bits per heavy atom. The predicted molar refractivity (Wildman–Crippen MR) is 80.0 cm³/mol. The average Bonchev–Trinajstić information content (AvgIpc) is 2.85. The number of nitrogens with two attached hydrogens (primary N) is 2. The van der Waals surface area contributed by atoms with Gasteiger partial charge in [-0.25, -0.2) is 4.79 Å². The monoisotopic (exact) mass is 298 g/mol. The Morgan fingerprint density at radius 3 is 2.80 bits per heavy atom. The maximum Gasteiger partial charge on any atom is 0.316 e. The Morgan fingerprint density at radius 1 is 1.40 bits per heavy atom. The molecule has 1 aromatic carbocycles. The molecule has 0 spiro atoms. The van der Waals surface area contributed by atoms with E-state index in [1.165, 1.54) is 0 Å². The summed E-state index contributed by atoms with van der Waals surface area (Å²) < 4.78 is 0. The third kappa shape index (κ3) is 3.61. The molecule has 0 bridgehead atoms. The molecule has 0 radical (unpaired) electrons. The van der Waals surface area contributed by atoms with E-state index in [-0.39, 0.29) is 24.4 Å². The standard InChI is InChI=1S/C13H18N4O2.ClH/c14-8-11-5-2-6-17(11)12(18)9-3-1-4-10(7-9)16-13(15)19;/h1,3-4,7,11H,2,5-6,8,14H2,(H3,15,16,19);1H. The van der Waals surface area contributed by atoms with Crippen molar-refractivity contribution in [1.29, 1.82) is 0 Å². The number of anilines is 1. The van der Waals surface area contributed by atoms with Gasteiger partial charge in [-0.3, -0.25) is 4.79 Å². The van der Waals surface area contributed by atoms with Gasteiger partial charge in [-0.1, -0.05) is 6.07 Å². The predicted octanol–water partition coefficient (Wildman–Crippen LogP) is 1.16. The van der Waals surface area contributed by atoms with Crippen LogP contribution in [0.3, 0.4) is 0 Å². The quantitative estimate of drug-likeness (QED) is 0.780. The summed E-state index contributed by atoms with van der Waals surface area (Å²) in [5.74, 6) is -0.0546. The van der Waals surface area contributed by atoms with Crippen LogP contribution in [-0.4, -0.2) is 36.0 Å². The second kappa shape index (κ2) is 7.12. The molecule has 1 saturated heterocycles. The molecular weight excluding hydrogens is 280 g/mol. The molecular formula is C13H19ClN4O2. The van der Waals surface area contributed by atoms with Crippen LogP contribution in [0.4, 0.5) is 10.5 Å². The first-order chi connectivity index (χ1) is 9.11. The number of benzene rings is 1. The molecule has 5 N–H and O–H groups in total. The summed E-state index contributed by atoms with van der Waals surface area (Å²) in [6.07, 6.45) is 1.92. The van der Waals surface area contributed by atoms with E-state index >= 15 is 0 Å². The van der Waals surface area contributed by atoms with Crippen LogP contribution in [-0.2, 0) is 0 Å². The molecule has 1 aliphatic rings. The fourth-order valence-electron chi connectivity index (χ4n) is 2.39. The fraction of sp³-hybridized carbons (Fsp3) is 0.385. The zero-order valence-corrected chi connectivity index (χ0v) is 11.9. The van der Waals surface area contributed by atoms with Crippen LogP contribution in [0.5, 0.6) is 0 Å². The van der Waals surface area contributed by atoms with Crippen LogP contribution in [0.25, 0.3) is 0 Å². The van der Waals surface area contributed by atoms with Gasteiger partial charge >= 0.3 is 6.03 Å². The molecule has 1 atom stereocenters. The van der Waals surface area contributed by atoms with Crippen LogP contribution < -0.4 is 16.8 Å². The molecule has 1 fully saturated rings. The highest BCUT2D eigenvalue weighted by Gasteiger charge is 2.28. The van der Waals surface area contributed by atoms with Crippen LogP contribution in [0, 0.1) is 0 Å². The van der Waals surface area contributed by atoms with E-state index in [1.807, 2.05) is 0 Å². The Balaban J connectivity index is 0.00000200. The van der Waals surface area contributed by atoms with Crippen LogP contribution >= 0.6 is 12.4 Å². The number of carbonyl (C=O) groups excluding carboxylic acids is 2. The summed E-state index contributed by atoms with van der Waals surface area (Å²) >= 11 is 0. The molecule has 0 aliphatic carbocycles. The molecule has 20 heavy (non-hydrogen) atoms. The zero-order chi connectivity index (χ0) is 13.8. The number of hydrogen-bond donors (Lipinski definition) is 3. The number of primary amides is 1. The van der Waals surface area contributed by atoms with Gasteiger partial charge in [-0.15, -0.1) is 12.4 Å². The number of halogens is 1. The minimum atomic E-state index is -0.648. The molecule has 7 heteroatoms. The Labute approximate surface area is 123 Å². The lowest BCUT2D eigenvalue weighted by atomic mass is 10.1. The third-order valence-electron chi connectivity index (χ3n) is 3.29. The molecule has 3 amide bonds. The number of hydrogen-bond acceptors (Lipinski definition) is 3. The summed E-state index contributed by atoms with van der Waals surface area (Å²) in [5.41, 5.74) is 11.8. The van der Waals surface area contributed by atoms with Crippen molar-refractivity contribution in [2.45, 2.75) is 18.9 Å². The van der Waals surface area contributed by atoms with E-state index in [2.05, 4.69) is 5.32 Å². The number of nitrogens with zero attached hydrogens (tertiary/aromatic N) is 1. The first-order valence-electron chi connectivity index (χ1n) is 6.29. The van der Waals surface area contributed by atoms with E-state index in [4.69, 9.17) is 11.5 Å². The average molecular weight is 299 g/mol. The SMILES string of the molecule is Cl.NCC1CCCN1C(=O)c1cccc(NC(N)=O)c1. The lowest BCUT2D eigenvalue weighted by molar-refractivity contribution is 0.0741. The van der Waals surface area contributed by atoms with Crippen molar-refractivity contribution >= 4 is 30.0 Å².